The van der Waals surface area contributed by atoms with E-state index in [1.807, 2.05) is 4.90 Å². The maximum atomic E-state index is 14.9. The Morgan fingerprint density at radius 2 is 2.03 bits per heavy atom. The molecule has 0 bridgehead atoms. The molecule has 166 valence electrons. The lowest BCUT2D eigenvalue weighted by Gasteiger charge is -2.36. The van der Waals surface area contributed by atoms with Crippen molar-refractivity contribution in [2.75, 3.05) is 49.1 Å². The lowest BCUT2D eigenvalue weighted by molar-refractivity contribution is -0.131. The molecule has 2 saturated heterocycles. The lowest BCUT2D eigenvalue weighted by Crippen LogP contribution is -2.49. The highest BCUT2D eigenvalue weighted by Crippen LogP contribution is 2.28. The van der Waals surface area contributed by atoms with E-state index in [2.05, 4.69) is 11.2 Å². The maximum absolute atomic E-state index is 14.9. The van der Waals surface area contributed by atoms with Gasteiger partial charge < -0.3 is 19.9 Å². The smallest absolute Gasteiger partial charge is 0.414 e. The van der Waals surface area contributed by atoms with Crippen LogP contribution in [0.15, 0.2) is 18.2 Å². The molecule has 8 nitrogen and oxygen atoms in total. The van der Waals surface area contributed by atoms with Crippen molar-refractivity contribution in [3.8, 4) is 12.3 Å². The average molecular weight is 430 g/mol. The molecule has 1 N–H and O–H groups in total. The Kier molecular flexibility index (Phi) is 7.34. The number of carbonyl (C=O) groups is 3. The van der Waals surface area contributed by atoms with Crippen LogP contribution in [0.2, 0.25) is 0 Å². The molecule has 2 fully saturated rings. The van der Waals surface area contributed by atoms with E-state index in [4.69, 9.17) is 11.2 Å². The zero-order chi connectivity index (χ0) is 22.4. The van der Waals surface area contributed by atoms with E-state index in [-0.39, 0.29) is 24.9 Å². The van der Waals surface area contributed by atoms with Crippen LogP contribution < -0.4 is 15.1 Å². The van der Waals surface area contributed by atoms with Gasteiger partial charge in [-0.3, -0.25) is 14.5 Å². The Labute approximate surface area is 181 Å². The summed E-state index contributed by atoms with van der Waals surface area (Å²) in [5.41, 5.74) is 0.837. The number of nitrogens with zero attached hydrogens (tertiary/aromatic N) is 3. The third-order valence-corrected chi connectivity index (χ3v) is 5.38. The second kappa shape index (κ2) is 10.2. The molecular weight excluding hydrogens is 403 g/mol. The van der Waals surface area contributed by atoms with Crippen molar-refractivity contribution in [1.29, 1.82) is 0 Å². The SMILES string of the molecule is C#CCCCC(=O)N1CCN(c2ccc(N3CC(CNC(C)=O)OC3=O)cc2F)CC1. The minimum Gasteiger partial charge on any atom is -0.442 e. The summed E-state index contributed by atoms with van der Waals surface area (Å²) in [4.78, 5) is 40.4. The highest BCUT2D eigenvalue weighted by atomic mass is 19.1. The summed E-state index contributed by atoms with van der Waals surface area (Å²) in [6.45, 7) is 3.95. The minimum atomic E-state index is -0.570. The molecule has 2 aliphatic rings. The van der Waals surface area contributed by atoms with Gasteiger partial charge in [0.1, 0.15) is 11.9 Å². The number of unbranched alkanes of at least 4 members (excludes halogenated alkanes) is 1. The molecule has 2 heterocycles. The molecule has 0 aliphatic carbocycles. The molecule has 0 aromatic heterocycles. The fourth-order valence-electron chi connectivity index (χ4n) is 3.71. The number of rotatable bonds is 7. The van der Waals surface area contributed by atoms with Crippen molar-refractivity contribution in [2.45, 2.75) is 32.3 Å². The van der Waals surface area contributed by atoms with Crippen LogP contribution in [0.25, 0.3) is 0 Å². The molecule has 31 heavy (non-hydrogen) atoms. The molecule has 3 rings (SSSR count). The number of amides is 3. The van der Waals surface area contributed by atoms with Crippen LogP contribution in [0.4, 0.5) is 20.6 Å². The number of terminal acetylenes is 1. The molecule has 0 radical (unpaired) electrons. The normalized spacial score (nSPS) is 18.5. The number of carbonyl (C=O) groups excluding carboxylic acids is 3. The van der Waals surface area contributed by atoms with Gasteiger partial charge in [-0.25, -0.2) is 9.18 Å². The van der Waals surface area contributed by atoms with Gasteiger partial charge in [0.25, 0.3) is 0 Å². The van der Waals surface area contributed by atoms with Gasteiger partial charge >= 0.3 is 6.09 Å². The highest BCUT2D eigenvalue weighted by molar-refractivity contribution is 5.90. The third-order valence-electron chi connectivity index (χ3n) is 5.38. The first-order chi connectivity index (χ1) is 14.9. The Bertz CT molecular complexity index is 877. The van der Waals surface area contributed by atoms with E-state index in [0.717, 1.165) is 0 Å². The second-order valence-electron chi connectivity index (χ2n) is 7.61. The fourth-order valence-corrected chi connectivity index (χ4v) is 3.71. The number of halogens is 1. The molecule has 2 aliphatic heterocycles. The van der Waals surface area contributed by atoms with Gasteiger partial charge in [-0.05, 0) is 24.6 Å². The Balaban J connectivity index is 1.57. The van der Waals surface area contributed by atoms with E-state index >= 15 is 0 Å². The van der Waals surface area contributed by atoms with Gasteiger partial charge in [0.05, 0.1) is 24.5 Å². The summed E-state index contributed by atoms with van der Waals surface area (Å²) in [7, 11) is 0. The van der Waals surface area contributed by atoms with Crippen LogP contribution in [-0.2, 0) is 14.3 Å². The van der Waals surface area contributed by atoms with Gasteiger partial charge in [-0.2, -0.15) is 0 Å². The van der Waals surface area contributed by atoms with Gasteiger partial charge in [-0.1, -0.05) is 0 Å². The summed E-state index contributed by atoms with van der Waals surface area (Å²) in [5, 5.41) is 2.61. The summed E-state index contributed by atoms with van der Waals surface area (Å²) in [6.07, 6.45) is 5.86. The fraction of sp³-hybridized carbons (Fsp3) is 0.500. The first-order valence-electron chi connectivity index (χ1n) is 10.4. The summed E-state index contributed by atoms with van der Waals surface area (Å²) in [5.74, 6) is 1.96. The first kappa shape index (κ1) is 22.4. The second-order valence-corrected chi connectivity index (χ2v) is 7.61. The van der Waals surface area contributed by atoms with E-state index in [0.29, 0.717) is 56.8 Å². The molecule has 9 heteroatoms. The van der Waals surface area contributed by atoms with Gasteiger partial charge in [0.15, 0.2) is 0 Å². The zero-order valence-corrected chi connectivity index (χ0v) is 17.6. The summed E-state index contributed by atoms with van der Waals surface area (Å²) >= 11 is 0. The maximum Gasteiger partial charge on any atom is 0.414 e. The summed E-state index contributed by atoms with van der Waals surface area (Å²) < 4.78 is 20.1. The van der Waals surface area contributed by atoms with E-state index < -0.39 is 18.0 Å². The number of hydrogen-bond donors (Lipinski definition) is 1. The van der Waals surface area contributed by atoms with Crippen LogP contribution in [-0.4, -0.2) is 68.2 Å². The lowest BCUT2D eigenvalue weighted by atomic mass is 10.2. The number of cyclic esters (lactones) is 1. The van der Waals surface area contributed by atoms with Crippen molar-refractivity contribution in [1.82, 2.24) is 10.2 Å². The van der Waals surface area contributed by atoms with Crippen LogP contribution in [0.3, 0.4) is 0 Å². The molecule has 1 aromatic rings. The number of benzene rings is 1. The number of ether oxygens (including phenoxy) is 1. The zero-order valence-electron chi connectivity index (χ0n) is 17.6. The van der Waals surface area contributed by atoms with Crippen LogP contribution in [0, 0.1) is 18.2 Å². The standard InChI is InChI=1S/C22H27FN4O4/c1-3-4-5-6-21(29)26-11-9-25(10-12-26)20-8-7-17(13-19(20)23)27-15-18(31-22(27)30)14-24-16(2)28/h1,7-8,13,18H,4-6,9-12,14-15H2,2H3,(H,24,28). The van der Waals surface area contributed by atoms with Crippen molar-refractivity contribution in [3.05, 3.63) is 24.0 Å². The highest BCUT2D eigenvalue weighted by Gasteiger charge is 2.33. The van der Waals surface area contributed by atoms with Gasteiger partial charge in [-0.15, -0.1) is 12.3 Å². The molecule has 0 spiro atoms. The van der Waals surface area contributed by atoms with Crippen molar-refractivity contribution in [2.24, 2.45) is 0 Å². The van der Waals surface area contributed by atoms with E-state index in [9.17, 15) is 18.8 Å². The predicted molar refractivity (Wildman–Crippen MR) is 114 cm³/mol. The van der Waals surface area contributed by atoms with Crippen LogP contribution >= 0.6 is 0 Å². The van der Waals surface area contributed by atoms with Gasteiger partial charge in [0, 0.05) is 45.9 Å². The molecule has 3 amide bonds. The molecule has 0 saturated carbocycles. The minimum absolute atomic E-state index is 0.0760. The number of piperazine rings is 1. The topological polar surface area (TPSA) is 82.2 Å². The van der Waals surface area contributed by atoms with E-state index in [1.165, 1.54) is 17.9 Å². The average Bonchev–Trinajstić information content (AvgIpc) is 3.13. The quantitative estimate of drug-likeness (QED) is 0.526. The molecular formula is C22H27FN4O4. The third kappa shape index (κ3) is 5.66. The van der Waals surface area contributed by atoms with Crippen molar-refractivity contribution in [3.63, 3.8) is 0 Å². The Hall–Kier alpha value is -3.28. The Morgan fingerprint density at radius 3 is 2.68 bits per heavy atom. The number of hydrogen-bond acceptors (Lipinski definition) is 5. The molecule has 1 unspecified atom stereocenters. The Morgan fingerprint density at radius 1 is 1.29 bits per heavy atom. The molecule has 1 atom stereocenters. The van der Waals surface area contributed by atoms with Crippen LogP contribution in [0.5, 0.6) is 0 Å². The van der Waals surface area contributed by atoms with E-state index in [1.54, 1.807) is 17.0 Å². The number of anilines is 2. The van der Waals surface area contributed by atoms with Crippen molar-refractivity contribution >= 4 is 29.3 Å². The van der Waals surface area contributed by atoms with Crippen LogP contribution in [0.1, 0.15) is 26.2 Å². The monoisotopic (exact) mass is 430 g/mol. The molecule has 1 aromatic carbocycles. The predicted octanol–water partition coefficient (Wildman–Crippen LogP) is 1.74. The first-order valence-corrected chi connectivity index (χ1v) is 10.4. The van der Waals surface area contributed by atoms with Crippen molar-refractivity contribution < 1.29 is 23.5 Å². The largest absolute Gasteiger partial charge is 0.442 e. The van der Waals surface area contributed by atoms with Gasteiger partial charge in [0.2, 0.25) is 11.8 Å². The number of nitrogens with one attached hydrogen (secondary N) is 1. The summed E-state index contributed by atoms with van der Waals surface area (Å²) in [6, 6.07) is 4.63.